The monoisotopic (exact) mass is 1000 g/mol. The summed E-state index contributed by atoms with van der Waals surface area (Å²) in [4.78, 5) is 37.6. The fraction of sp³-hybridized carbons (Fsp3) is 0.800. The van der Waals surface area contributed by atoms with Crippen LogP contribution in [0.2, 0.25) is 0 Å². The zero-order valence-corrected chi connectivity index (χ0v) is 47.4. The lowest BCUT2D eigenvalue weighted by molar-refractivity contribution is -0.870. The van der Waals surface area contributed by atoms with Crippen molar-refractivity contribution in [2.45, 2.75) is 270 Å². The van der Waals surface area contributed by atoms with Gasteiger partial charge in [-0.25, -0.2) is 4.57 Å². The topological polar surface area (TPSA) is 111 Å². The van der Waals surface area contributed by atoms with E-state index in [0.29, 0.717) is 17.4 Å². The van der Waals surface area contributed by atoms with Crippen LogP contribution in [-0.4, -0.2) is 74.3 Å². The lowest BCUT2D eigenvalue weighted by Crippen LogP contribution is -2.47. The lowest BCUT2D eigenvalue weighted by atomic mass is 10.0. The minimum atomic E-state index is -4.45. The van der Waals surface area contributed by atoms with Crippen LogP contribution in [0.15, 0.2) is 60.8 Å². The predicted octanol–water partition coefficient (Wildman–Crippen LogP) is 17.5. The Kier molecular flexibility index (Phi) is 48.6. The van der Waals surface area contributed by atoms with Gasteiger partial charge < -0.3 is 19.4 Å². The van der Waals surface area contributed by atoms with E-state index < -0.39 is 20.0 Å². The van der Waals surface area contributed by atoms with Gasteiger partial charge in [0, 0.05) is 12.8 Å². The second kappa shape index (κ2) is 50.3. The average Bonchev–Trinajstić information content (AvgIpc) is 3.32. The Bertz CT molecular complexity index is 1390. The first kappa shape index (κ1) is 67.7. The summed E-state index contributed by atoms with van der Waals surface area (Å²) in [5.74, 6) is -0.522. The molecule has 1 amide bonds. The second-order valence-electron chi connectivity index (χ2n) is 20.8. The lowest BCUT2D eigenvalue weighted by Gasteiger charge is -2.27. The van der Waals surface area contributed by atoms with Crippen LogP contribution in [0, 0.1) is 0 Å². The van der Waals surface area contributed by atoms with E-state index in [-0.39, 0.29) is 31.5 Å². The van der Waals surface area contributed by atoms with E-state index in [1.807, 2.05) is 33.3 Å². The van der Waals surface area contributed by atoms with Gasteiger partial charge >= 0.3 is 13.8 Å². The molecule has 0 aliphatic carbocycles. The van der Waals surface area contributed by atoms with Crippen LogP contribution < -0.4 is 5.32 Å². The Labute approximate surface area is 432 Å². The van der Waals surface area contributed by atoms with Crippen LogP contribution in [-0.2, 0) is 27.9 Å². The molecule has 0 saturated carbocycles. The van der Waals surface area contributed by atoms with Crippen molar-refractivity contribution in [3.05, 3.63) is 60.8 Å². The molecule has 3 atom stereocenters. The van der Waals surface area contributed by atoms with Crippen LogP contribution in [0.3, 0.4) is 0 Å². The highest BCUT2D eigenvalue weighted by atomic mass is 31.2. The Morgan fingerprint density at radius 3 is 1.39 bits per heavy atom. The molecule has 0 aliphatic rings. The number of ether oxygens (including phenoxy) is 1. The number of nitrogens with one attached hydrogen (secondary N) is 1. The third kappa shape index (κ3) is 50.6. The number of hydrogen-bond donors (Lipinski definition) is 2. The second-order valence-corrected chi connectivity index (χ2v) is 22.2. The number of phosphoric ester groups is 1. The molecule has 0 aromatic rings. The zero-order chi connectivity index (χ0) is 51.5. The highest BCUT2D eigenvalue weighted by Crippen LogP contribution is 2.43. The summed E-state index contributed by atoms with van der Waals surface area (Å²) in [5.41, 5.74) is 0. The number of unbranched alkanes of at least 4 members (excludes halogenated alkanes) is 28. The van der Waals surface area contributed by atoms with Gasteiger partial charge in [-0.1, -0.05) is 217 Å². The quantitative estimate of drug-likeness (QED) is 0.0205. The van der Waals surface area contributed by atoms with Gasteiger partial charge in [0.15, 0.2) is 0 Å². The van der Waals surface area contributed by atoms with Crippen LogP contribution in [0.4, 0.5) is 0 Å². The molecule has 0 spiro atoms. The van der Waals surface area contributed by atoms with Gasteiger partial charge in [0.05, 0.1) is 33.8 Å². The van der Waals surface area contributed by atoms with Crippen molar-refractivity contribution in [2.24, 2.45) is 0 Å². The number of esters is 1. The summed E-state index contributed by atoms with van der Waals surface area (Å²) in [5, 5.41) is 3.05. The van der Waals surface area contributed by atoms with Gasteiger partial charge in [0.2, 0.25) is 5.91 Å². The first-order valence-electron chi connectivity index (χ1n) is 29.1. The maximum absolute atomic E-state index is 13.5. The van der Waals surface area contributed by atoms with E-state index in [1.54, 1.807) is 0 Å². The van der Waals surface area contributed by atoms with Crippen molar-refractivity contribution in [1.82, 2.24) is 5.32 Å². The van der Waals surface area contributed by atoms with Crippen molar-refractivity contribution < 1.29 is 37.3 Å². The van der Waals surface area contributed by atoms with E-state index in [0.717, 1.165) is 103 Å². The summed E-state index contributed by atoms with van der Waals surface area (Å²) >= 11 is 0. The standard InChI is InChI=1S/C60H111N2O7P/c1-7-10-13-16-19-22-25-28-30-31-32-34-37-40-43-46-49-52-59(63)61-57(56-68-70(65,66)67-55-54-62(4,5)6)58(51-48-45-42-39-36-33-27-24-21-18-15-12-9-3)69-60(64)53-50-47-44-41-38-35-29-26-23-20-17-14-11-8-2/h11,14,19-20,22-23,28,30,48,51,57-58H,7-10,12-13,15-18,21,24-27,29,31-47,49-50,52-56H2,1-6H3,(H-,61,63,65,66)/p+1/b14-11+,22-19-,23-20+,30-28-,51-48+. The number of quaternary nitrogens is 1. The number of likely N-dealkylation sites (N-methyl/N-ethyl adjacent to an activating group) is 1. The van der Waals surface area contributed by atoms with Crippen molar-refractivity contribution in [3.8, 4) is 0 Å². The summed E-state index contributed by atoms with van der Waals surface area (Å²) in [6.07, 6.45) is 62.1. The fourth-order valence-corrected chi connectivity index (χ4v) is 8.92. The maximum atomic E-state index is 13.5. The zero-order valence-electron chi connectivity index (χ0n) is 46.5. The molecule has 70 heavy (non-hydrogen) atoms. The Morgan fingerprint density at radius 2 is 0.914 bits per heavy atom. The molecule has 0 aromatic heterocycles. The van der Waals surface area contributed by atoms with Crippen molar-refractivity contribution >= 4 is 19.7 Å². The summed E-state index contributed by atoms with van der Waals surface area (Å²) in [6.45, 7) is 6.87. The molecule has 0 heterocycles. The summed E-state index contributed by atoms with van der Waals surface area (Å²) < 4.78 is 30.6. The van der Waals surface area contributed by atoms with E-state index >= 15 is 0 Å². The first-order valence-corrected chi connectivity index (χ1v) is 30.6. The van der Waals surface area contributed by atoms with Crippen LogP contribution in [0.5, 0.6) is 0 Å². The number of rotatable bonds is 52. The number of phosphoric acid groups is 1. The molecule has 3 unspecified atom stereocenters. The van der Waals surface area contributed by atoms with E-state index in [1.165, 1.54) is 122 Å². The number of nitrogens with zero attached hydrogens (tertiary/aromatic N) is 1. The van der Waals surface area contributed by atoms with Gasteiger partial charge in [0.25, 0.3) is 0 Å². The van der Waals surface area contributed by atoms with Gasteiger partial charge in [-0.15, -0.1) is 0 Å². The molecule has 0 aliphatic heterocycles. The molecular weight excluding hydrogens is 892 g/mol. The number of carbonyl (C=O) groups is 2. The maximum Gasteiger partial charge on any atom is 0.472 e. The molecule has 408 valence electrons. The summed E-state index contributed by atoms with van der Waals surface area (Å²) in [6, 6.07) is -0.856. The Hall–Kier alpha value is -2.29. The van der Waals surface area contributed by atoms with Gasteiger partial charge in [-0.2, -0.15) is 0 Å². The molecule has 0 aromatic carbocycles. The minimum Gasteiger partial charge on any atom is -0.456 e. The fourth-order valence-electron chi connectivity index (χ4n) is 8.18. The molecule has 9 nitrogen and oxygen atoms in total. The average molecular weight is 1000 g/mol. The van der Waals surface area contributed by atoms with Crippen LogP contribution in [0.1, 0.15) is 258 Å². The van der Waals surface area contributed by atoms with Crippen LogP contribution >= 0.6 is 7.82 Å². The van der Waals surface area contributed by atoms with E-state index in [4.69, 9.17) is 13.8 Å². The number of hydrogen-bond acceptors (Lipinski definition) is 6. The molecule has 0 fully saturated rings. The third-order valence-electron chi connectivity index (χ3n) is 12.7. The van der Waals surface area contributed by atoms with Gasteiger partial charge in [-0.3, -0.25) is 18.6 Å². The predicted molar refractivity (Wildman–Crippen MR) is 300 cm³/mol. The largest absolute Gasteiger partial charge is 0.472 e. The van der Waals surface area contributed by atoms with Crippen molar-refractivity contribution in [1.29, 1.82) is 0 Å². The Morgan fingerprint density at radius 1 is 0.514 bits per heavy atom. The smallest absolute Gasteiger partial charge is 0.456 e. The number of allylic oxidation sites excluding steroid dienone is 9. The molecule has 0 bridgehead atoms. The minimum absolute atomic E-state index is 0.0360. The number of amides is 1. The highest BCUT2D eigenvalue weighted by molar-refractivity contribution is 7.47. The molecule has 2 N–H and O–H groups in total. The van der Waals surface area contributed by atoms with Crippen molar-refractivity contribution in [3.63, 3.8) is 0 Å². The van der Waals surface area contributed by atoms with E-state index in [9.17, 15) is 19.0 Å². The number of carbonyl (C=O) groups excluding carboxylic acids is 2. The normalized spacial score (nSPS) is 14.2. The van der Waals surface area contributed by atoms with Gasteiger partial charge in [0.1, 0.15) is 19.3 Å². The Balaban J connectivity index is 5.37. The van der Waals surface area contributed by atoms with E-state index in [2.05, 4.69) is 74.7 Å². The molecule has 0 saturated heterocycles. The molecule has 0 rings (SSSR count). The highest BCUT2D eigenvalue weighted by Gasteiger charge is 2.30. The SMILES string of the molecule is CC/C=C/C/C=C/CCCCCCCCCC(=O)OC(/C=C/CCCCCCCCCCCCC)C(COP(=O)(O)OCC[N+](C)(C)C)NC(=O)CCCCCCCCC/C=C\C/C=C\CCCCC. The third-order valence-corrected chi connectivity index (χ3v) is 13.7. The van der Waals surface area contributed by atoms with Crippen molar-refractivity contribution in [2.75, 3.05) is 40.9 Å². The molecule has 10 heteroatoms. The van der Waals surface area contributed by atoms with Gasteiger partial charge in [-0.05, 0) is 89.5 Å². The molecule has 0 radical (unpaired) electrons. The molecular formula is C60H112N2O7P+. The van der Waals surface area contributed by atoms with Crippen LogP contribution in [0.25, 0.3) is 0 Å². The summed E-state index contributed by atoms with van der Waals surface area (Å²) in [7, 11) is 1.48. The first-order chi connectivity index (χ1) is 33.9.